The van der Waals surface area contributed by atoms with Crippen molar-refractivity contribution in [2.24, 2.45) is 0 Å². The molecule has 2 aromatic heterocycles. The van der Waals surface area contributed by atoms with Crippen molar-refractivity contribution in [3.05, 3.63) is 51.4 Å². The van der Waals surface area contributed by atoms with Crippen LogP contribution in [0.4, 0.5) is 0 Å². The number of para-hydroxylation sites is 2. The fourth-order valence-corrected chi connectivity index (χ4v) is 3.60. The standard InChI is InChI=1S/C16H17ClN2OS/c1-2-7-19-13-6-4-3-5-12(13)18-16(19)9-14(20)15-8-11(17)10-21-15/h3-6,8,10,14,20H,2,7,9H2,1H3. The average Bonchev–Trinajstić information content (AvgIpc) is 3.04. The van der Waals surface area contributed by atoms with Gasteiger partial charge in [-0.15, -0.1) is 11.3 Å². The van der Waals surface area contributed by atoms with E-state index in [1.165, 1.54) is 11.3 Å². The average molecular weight is 321 g/mol. The molecule has 5 heteroatoms. The Hall–Kier alpha value is -1.36. The first-order chi connectivity index (χ1) is 10.2. The molecule has 0 amide bonds. The van der Waals surface area contributed by atoms with E-state index in [0.29, 0.717) is 11.4 Å². The van der Waals surface area contributed by atoms with E-state index in [1.54, 1.807) is 0 Å². The van der Waals surface area contributed by atoms with Gasteiger partial charge in [-0.2, -0.15) is 0 Å². The van der Waals surface area contributed by atoms with Crippen molar-refractivity contribution in [1.82, 2.24) is 9.55 Å². The quantitative estimate of drug-likeness (QED) is 0.755. The third-order valence-electron chi connectivity index (χ3n) is 3.47. The second kappa shape index (κ2) is 6.18. The van der Waals surface area contributed by atoms with Crippen LogP contribution in [0, 0.1) is 0 Å². The van der Waals surface area contributed by atoms with Crippen molar-refractivity contribution in [2.75, 3.05) is 0 Å². The van der Waals surface area contributed by atoms with Crippen LogP contribution in [0.25, 0.3) is 11.0 Å². The normalized spacial score (nSPS) is 12.9. The largest absolute Gasteiger partial charge is 0.387 e. The maximum absolute atomic E-state index is 10.4. The molecule has 0 bridgehead atoms. The van der Waals surface area contributed by atoms with Crippen LogP contribution in [0.5, 0.6) is 0 Å². The second-order valence-corrected chi connectivity index (χ2v) is 6.43. The van der Waals surface area contributed by atoms with Gasteiger partial charge in [-0.3, -0.25) is 0 Å². The molecule has 1 aromatic carbocycles. The second-order valence-electron chi connectivity index (χ2n) is 5.06. The van der Waals surface area contributed by atoms with Crippen LogP contribution < -0.4 is 0 Å². The van der Waals surface area contributed by atoms with Gasteiger partial charge >= 0.3 is 0 Å². The van der Waals surface area contributed by atoms with E-state index in [0.717, 1.165) is 34.7 Å². The van der Waals surface area contributed by atoms with Gasteiger partial charge in [-0.25, -0.2) is 4.98 Å². The zero-order valence-electron chi connectivity index (χ0n) is 11.8. The zero-order valence-corrected chi connectivity index (χ0v) is 13.4. The van der Waals surface area contributed by atoms with Crippen LogP contribution in [0.3, 0.4) is 0 Å². The van der Waals surface area contributed by atoms with Crippen molar-refractivity contribution < 1.29 is 5.11 Å². The van der Waals surface area contributed by atoms with Crippen molar-refractivity contribution in [3.8, 4) is 0 Å². The Morgan fingerprint density at radius 1 is 1.38 bits per heavy atom. The molecule has 1 unspecified atom stereocenters. The molecule has 1 atom stereocenters. The molecule has 0 radical (unpaired) electrons. The molecular formula is C16H17ClN2OS. The van der Waals surface area contributed by atoms with Crippen LogP contribution in [-0.2, 0) is 13.0 Å². The SMILES string of the molecule is CCCn1c(CC(O)c2cc(Cl)cs2)nc2ccccc21. The lowest BCUT2D eigenvalue weighted by Gasteiger charge is -2.11. The van der Waals surface area contributed by atoms with E-state index >= 15 is 0 Å². The number of aliphatic hydroxyl groups is 1. The molecule has 0 saturated heterocycles. The third kappa shape index (κ3) is 2.98. The van der Waals surface area contributed by atoms with E-state index in [9.17, 15) is 5.11 Å². The minimum absolute atomic E-state index is 0.505. The lowest BCUT2D eigenvalue weighted by molar-refractivity contribution is 0.178. The summed E-state index contributed by atoms with van der Waals surface area (Å²) in [6.07, 6.45) is 0.981. The van der Waals surface area contributed by atoms with Gasteiger partial charge in [0, 0.05) is 23.2 Å². The first kappa shape index (κ1) is 14.6. The molecule has 1 N–H and O–H groups in total. The number of aryl methyl sites for hydroxylation is 1. The van der Waals surface area contributed by atoms with Gasteiger partial charge in [0.25, 0.3) is 0 Å². The van der Waals surface area contributed by atoms with Gasteiger partial charge in [-0.1, -0.05) is 30.7 Å². The predicted octanol–water partition coefficient (Wildman–Crippen LogP) is 4.44. The highest BCUT2D eigenvalue weighted by molar-refractivity contribution is 7.10. The molecule has 0 saturated carbocycles. The summed E-state index contributed by atoms with van der Waals surface area (Å²) in [6.45, 7) is 3.06. The van der Waals surface area contributed by atoms with Crippen LogP contribution in [0.15, 0.2) is 35.7 Å². The van der Waals surface area contributed by atoms with Gasteiger partial charge in [0.05, 0.1) is 22.2 Å². The Morgan fingerprint density at radius 2 is 2.19 bits per heavy atom. The monoisotopic (exact) mass is 320 g/mol. The molecule has 3 rings (SSSR count). The van der Waals surface area contributed by atoms with E-state index < -0.39 is 6.10 Å². The Kier molecular flexibility index (Phi) is 4.29. The summed E-state index contributed by atoms with van der Waals surface area (Å²) in [5.74, 6) is 0.926. The fourth-order valence-electron chi connectivity index (χ4n) is 2.53. The van der Waals surface area contributed by atoms with Crippen molar-refractivity contribution in [3.63, 3.8) is 0 Å². The summed E-state index contributed by atoms with van der Waals surface area (Å²) in [7, 11) is 0. The minimum Gasteiger partial charge on any atom is -0.387 e. The zero-order chi connectivity index (χ0) is 14.8. The van der Waals surface area contributed by atoms with Crippen molar-refractivity contribution in [1.29, 1.82) is 0 Å². The number of hydrogen-bond acceptors (Lipinski definition) is 3. The molecule has 0 aliphatic heterocycles. The molecule has 110 valence electrons. The predicted molar refractivity (Wildman–Crippen MR) is 88.0 cm³/mol. The Morgan fingerprint density at radius 3 is 2.90 bits per heavy atom. The summed E-state index contributed by atoms with van der Waals surface area (Å²) in [4.78, 5) is 5.56. The number of benzene rings is 1. The van der Waals surface area contributed by atoms with Gasteiger partial charge in [0.15, 0.2) is 0 Å². The van der Waals surface area contributed by atoms with Gasteiger partial charge in [0.1, 0.15) is 5.82 Å². The van der Waals surface area contributed by atoms with Crippen LogP contribution in [0.1, 0.15) is 30.2 Å². The molecule has 0 aliphatic carbocycles. The number of rotatable bonds is 5. The Balaban J connectivity index is 1.94. The van der Waals surface area contributed by atoms with E-state index in [2.05, 4.69) is 22.5 Å². The van der Waals surface area contributed by atoms with Gasteiger partial charge in [0.2, 0.25) is 0 Å². The first-order valence-corrected chi connectivity index (χ1v) is 8.31. The molecule has 0 fully saturated rings. The van der Waals surface area contributed by atoms with Crippen molar-refractivity contribution in [2.45, 2.75) is 32.4 Å². The number of hydrogen-bond donors (Lipinski definition) is 1. The van der Waals surface area contributed by atoms with Gasteiger partial charge < -0.3 is 9.67 Å². The highest BCUT2D eigenvalue weighted by atomic mass is 35.5. The lowest BCUT2D eigenvalue weighted by atomic mass is 10.2. The summed E-state index contributed by atoms with van der Waals surface area (Å²) in [6, 6.07) is 9.93. The van der Waals surface area contributed by atoms with Crippen LogP contribution in [-0.4, -0.2) is 14.7 Å². The smallest absolute Gasteiger partial charge is 0.112 e. The molecular weight excluding hydrogens is 304 g/mol. The molecule has 21 heavy (non-hydrogen) atoms. The van der Waals surface area contributed by atoms with Crippen LogP contribution >= 0.6 is 22.9 Å². The van der Waals surface area contributed by atoms with Crippen LogP contribution in [0.2, 0.25) is 5.02 Å². The molecule has 0 aliphatic rings. The Bertz CT molecular complexity index is 750. The number of aliphatic hydroxyl groups excluding tert-OH is 1. The number of fused-ring (bicyclic) bond motifs is 1. The van der Waals surface area contributed by atoms with E-state index in [4.69, 9.17) is 11.6 Å². The number of aromatic nitrogens is 2. The highest BCUT2D eigenvalue weighted by Gasteiger charge is 2.16. The Labute approximate surface area is 132 Å². The summed E-state index contributed by atoms with van der Waals surface area (Å²) in [5.41, 5.74) is 2.11. The number of thiophene rings is 1. The van der Waals surface area contributed by atoms with E-state index in [-0.39, 0.29) is 0 Å². The van der Waals surface area contributed by atoms with E-state index in [1.807, 2.05) is 29.6 Å². The third-order valence-corrected chi connectivity index (χ3v) is 4.85. The number of nitrogens with zero attached hydrogens (tertiary/aromatic N) is 2. The summed E-state index contributed by atoms with van der Waals surface area (Å²) in [5, 5.41) is 12.9. The number of imidazole rings is 1. The molecule has 2 heterocycles. The lowest BCUT2D eigenvalue weighted by Crippen LogP contribution is -2.08. The molecule has 3 nitrogen and oxygen atoms in total. The van der Waals surface area contributed by atoms with Gasteiger partial charge in [-0.05, 0) is 24.6 Å². The van der Waals surface area contributed by atoms with Crippen molar-refractivity contribution >= 4 is 34.0 Å². The summed E-state index contributed by atoms with van der Waals surface area (Å²) >= 11 is 7.42. The summed E-state index contributed by atoms with van der Waals surface area (Å²) < 4.78 is 2.20. The molecule has 3 aromatic rings. The maximum Gasteiger partial charge on any atom is 0.112 e. The first-order valence-electron chi connectivity index (χ1n) is 7.05. The topological polar surface area (TPSA) is 38.0 Å². The molecule has 0 spiro atoms. The minimum atomic E-state index is -0.560. The number of halogens is 1. The highest BCUT2D eigenvalue weighted by Crippen LogP contribution is 2.28. The maximum atomic E-state index is 10.4. The fraction of sp³-hybridized carbons (Fsp3) is 0.312.